The Morgan fingerprint density at radius 3 is 2.81 bits per heavy atom. The van der Waals surface area contributed by atoms with Crippen molar-refractivity contribution in [3.05, 3.63) is 29.8 Å². The summed E-state index contributed by atoms with van der Waals surface area (Å²) in [6, 6.07) is 8.51. The number of nitrogens with zero attached hydrogens (tertiary/aromatic N) is 1. The lowest BCUT2D eigenvalue weighted by Crippen LogP contribution is -2.51. The van der Waals surface area contributed by atoms with Gasteiger partial charge in [0.15, 0.2) is 0 Å². The van der Waals surface area contributed by atoms with Gasteiger partial charge in [-0.1, -0.05) is 18.2 Å². The molecule has 0 spiro atoms. The normalized spacial score (nSPS) is 21.1. The molecule has 3 rings (SSSR count). The van der Waals surface area contributed by atoms with E-state index in [2.05, 4.69) is 17.4 Å². The number of aliphatic hydroxyl groups excluding tert-OH is 1. The predicted octanol–water partition coefficient (Wildman–Crippen LogP) is 2.18. The van der Waals surface area contributed by atoms with Crippen molar-refractivity contribution >= 4 is 11.6 Å². The molecule has 1 unspecified atom stereocenters. The molecule has 1 fully saturated rings. The van der Waals surface area contributed by atoms with Crippen LogP contribution >= 0.6 is 0 Å². The molecule has 0 aromatic heterocycles. The maximum absolute atomic E-state index is 12.8. The highest BCUT2D eigenvalue weighted by molar-refractivity contribution is 5.86. The van der Waals surface area contributed by atoms with E-state index in [-0.39, 0.29) is 18.6 Å². The van der Waals surface area contributed by atoms with E-state index < -0.39 is 0 Å². The number of aryl methyl sites for hydroxylation is 1. The summed E-state index contributed by atoms with van der Waals surface area (Å²) in [4.78, 5) is 14.8. The molecule has 1 amide bonds. The van der Waals surface area contributed by atoms with Gasteiger partial charge in [0.25, 0.3) is 0 Å². The lowest BCUT2D eigenvalue weighted by molar-refractivity contribution is -0.136. The number of hydrogen-bond donors (Lipinski definition) is 2. The van der Waals surface area contributed by atoms with Gasteiger partial charge >= 0.3 is 0 Å². The molecule has 1 aromatic rings. The van der Waals surface area contributed by atoms with E-state index in [9.17, 15) is 4.79 Å². The highest BCUT2D eigenvalue weighted by Crippen LogP contribution is 2.29. The van der Waals surface area contributed by atoms with Gasteiger partial charge in [0.2, 0.25) is 5.91 Å². The second-order valence-electron chi connectivity index (χ2n) is 6.09. The number of carbonyl (C=O) groups excluding carboxylic acids is 1. The number of hydrogen-bond acceptors (Lipinski definition) is 3. The SMILES string of the molecule is O=C(C1CCc2ccccc2N1)N(CCCO)C1CCC1. The number of aliphatic hydroxyl groups is 1. The lowest BCUT2D eigenvalue weighted by Gasteiger charge is -2.40. The number of benzene rings is 1. The van der Waals surface area contributed by atoms with Crippen LogP contribution in [-0.2, 0) is 11.2 Å². The van der Waals surface area contributed by atoms with Crippen molar-refractivity contribution in [2.24, 2.45) is 0 Å². The summed E-state index contributed by atoms with van der Waals surface area (Å²) < 4.78 is 0. The molecule has 4 heteroatoms. The molecular weight excluding hydrogens is 264 g/mol. The van der Waals surface area contributed by atoms with Crippen LogP contribution in [0.25, 0.3) is 0 Å². The van der Waals surface area contributed by atoms with Crippen molar-refractivity contribution in [3.8, 4) is 0 Å². The minimum absolute atomic E-state index is 0.112. The molecule has 0 saturated heterocycles. The molecule has 2 aliphatic rings. The summed E-state index contributed by atoms with van der Waals surface area (Å²) in [6.07, 6.45) is 5.93. The monoisotopic (exact) mass is 288 g/mol. The first kappa shape index (κ1) is 14.4. The topological polar surface area (TPSA) is 52.6 Å². The highest BCUT2D eigenvalue weighted by atomic mass is 16.3. The van der Waals surface area contributed by atoms with Crippen molar-refractivity contribution in [1.82, 2.24) is 4.90 Å². The fourth-order valence-corrected chi connectivity index (χ4v) is 3.24. The zero-order valence-corrected chi connectivity index (χ0v) is 12.4. The second kappa shape index (κ2) is 6.48. The Hall–Kier alpha value is -1.55. The average molecular weight is 288 g/mol. The van der Waals surface area contributed by atoms with Crippen LogP contribution in [0.15, 0.2) is 24.3 Å². The zero-order chi connectivity index (χ0) is 14.7. The summed E-state index contributed by atoms with van der Waals surface area (Å²) in [5.41, 5.74) is 2.39. The van der Waals surface area contributed by atoms with Gasteiger partial charge in [0, 0.05) is 24.9 Å². The molecule has 1 heterocycles. The average Bonchev–Trinajstić information content (AvgIpc) is 2.48. The lowest BCUT2D eigenvalue weighted by atomic mass is 9.89. The molecule has 114 valence electrons. The number of nitrogens with one attached hydrogen (secondary N) is 1. The van der Waals surface area contributed by atoms with Crippen molar-refractivity contribution < 1.29 is 9.90 Å². The molecule has 1 aromatic carbocycles. The Morgan fingerprint density at radius 1 is 1.29 bits per heavy atom. The van der Waals surface area contributed by atoms with Crippen molar-refractivity contribution in [1.29, 1.82) is 0 Å². The van der Waals surface area contributed by atoms with Gasteiger partial charge in [-0.15, -0.1) is 0 Å². The maximum Gasteiger partial charge on any atom is 0.245 e. The van der Waals surface area contributed by atoms with E-state index in [0.717, 1.165) is 31.4 Å². The maximum atomic E-state index is 12.8. The Balaban J connectivity index is 1.68. The first-order valence-corrected chi connectivity index (χ1v) is 8.05. The van der Waals surface area contributed by atoms with Crippen LogP contribution in [0.5, 0.6) is 0 Å². The summed E-state index contributed by atoms with van der Waals surface area (Å²) in [5.74, 6) is 0.211. The van der Waals surface area contributed by atoms with E-state index in [0.29, 0.717) is 19.0 Å². The molecule has 2 N–H and O–H groups in total. The number of anilines is 1. The third-order valence-corrected chi connectivity index (χ3v) is 4.70. The van der Waals surface area contributed by atoms with Gasteiger partial charge in [0.1, 0.15) is 6.04 Å². The first-order chi connectivity index (χ1) is 10.3. The Bertz CT molecular complexity index is 499. The number of amides is 1. The molecule has 1 atom stereocenters. The third kappa shape index (κ3) is 3.05. The number of fused-ring (bicyclic) bond motifs is 1. The molecule has 1 aliphatic heterocycles. The molecule has 0 bridgehead atoms. The van der Waals surface area contributed by atoms with Gasteiger partial charge in [0.05, 0.1) is 0 Å². The molecular formula is C17H24N2O2. The van der Waals surface area contributed by atoms with E-state index in [1.165, 1.54) is 12.0 Å². The van der Waals surface area contributed by atoms with Gasteiger partial charge in [-0.2, -0.15) is 0 Å². The quantitative estimate of drug-likeness (QED) is 0.873. The van der Waals surface area contributed by atoms with Crippen molar-refractivity contribution in [2.75, 3.05) is 18.5 Å². The van der Waals surface area contributed by atoms with E-state index >= 15 is 0 Å². The van der Waals surface area contributed by atoms with Crippen molar-refractivity contribution in [3.63, 3.8) is 0 Å². The standard InChI is InChI=1S/C17H24N2O2/c20-12-4-11-19(14-6-3-7-14)17(21)16-10-9-13-5-1-2-8-15(13)18-16/h1-2,5,8,14,16,18,20H,3-4,6-7,9-12H2. The summed E-state index contributed by atoms with van der Waals surface area (Å²) >= 11 is 0. The first-order valence-electron chi connectivity index (χ1n) is 8.05. The van der Waals surface area contributed by atoms with Gasteiger partial charge in [-0.25, -0.2) is 0 Å². The number of carbonyl (C=O) groups is 1. The molecule has 4 nitrogen and oxygen atoms in total. The van der Waals surface area contributed by atoms with E-state index in [1.54, 1.807) is 0 Å². The van der Waals surface area contributed by atoms with E-state index in [1.807, 2.05) is 17.0 Å². The largest absolute Gasteiger partial charge is 0.396 e. The second-order valence-corrected chi connectivity index (χ2v) is 6.09. The Morgan fingerprint density at radius 2 is 2.10 bits per heavy atom. The summed E-state index contributed by atoms with van der Waals surface area (Å²) in [7, 11) is 0. The van der Waals surface area contributed by atoms with Crippen LogP contribution in [0.4, 0.5) is 5.69 Å². The molecule has 0 radical (unpaired) electrons. The van der Waals surface area contributed by atoms with Crippen LogP contribution in [0.1, 0.15) is 37.7 Å². The van der Waals surface area contributed by atoms with Crippen LogP contribution in [0.2, 0.25) is 0 Å². The molecule has 21 heavy (non-hydrogen) atoms. The summed E-state index contributed by atoms with van der Waals surface area (Å²) in [5, 5.41) is 12.5. The molecule has 1 saturated carbocycles. The van der Waals surface area contributed by atoms with Crippen molar-refractivity contribution in [2.45, 2.75) is 50.6 Å². The van der Waals surface area contributed by atoms with Gasteiger partial charge in [-0.3, -0.25) is 4.79 Å². The number of para-hydroxylation sites is 1. The fraction of sp³-hybridized carbons (Fsp3) is 0.588. The minimum atomic E-state index is -0.112. The Kier molecular flexibility index (Phi) is 4.44. The predicted molar refractivity (Wildman–Crippen MR) is 83.2 cm³/mol. The number of rotatable bonds is 5. The minimum Gasteiger partial charge on any atom is -0.396 e. The van der Waals surface area contributed by atoms with Crippen LogP contribution in [0.3, 0.4) is 0 Å². The van der Waals surface area contributed by atoms with Crippen LogP contribution in [-0.4, -0.2) is 41.1 Å². The van der Waals surface area contributed by atoms with Crippen LogP contribution < -0.4 is 5.32 Å². The van der Waals surface area contributed by atoms with Gasteiger partial charge in [-0.05, 0) is 50.2 Å². The highest BCUT2D eigenvalue weighted by Gasteiger charge is 2.33. The third-order valence-electron chi connectivity index (χ3n) is 4.70. The fourth-order valence-electron chi connectivity index (χ4n) is 3.24. The Labute approximate surface area is 126 Å². The smallest absolute Gasteiger partial charge is 0.245 e. The zero-order valence-electron chi connectivity index (χ0n) is 12.4. The molecule has 1 aliphatic carbocycles. The summed E-state index contributed by atoms with van der Waals surface area (Å²) in [6.45, 7) is 0.831. The van der Waals surface area contributed by atoms with E-state index in [4.69, 9.17) is 5.11 Å². The van der Waals surface area contributed by atoms with Crippen LogP contribution in [0, 0.1) is 0 Å². The van der Waals surface area contributed by atoms with Gasteiger partial charge < -0.3 is 15.3 Å².